The zero-order valence-electron chi connectivity index (χ0n) is 21.3. The topological polar surface area (TPSA) is 108 Å². The highest BCUT2D eigenvalue weighted by Crippen LogP contribution is 2.41. The van der Waals surface area contributed by atoms with Crippen molar-refractivity contribution in [2.75, 3.05) is 6.61 Å². The number of carbonyl (C=O) groups is 1. The Bertz CT molecular complexity index is 1100. The molecule has 3 rings (SSSR count). The highest BCUT2D eigenvalue weighted by molar-refractivity contribution is 5.89. The van der Waals surface area contributed by atoms with Crippen LogP contribution in [0.1, 0.15) is 50.4 Å². The molecule has 0 bridgehead atoms. The van der Waals surface area contributed by atoms with E-state index in [1.165, 1.54) is 24.3 Å². The van der Waals surface area contributed by atoms with E-state index in [-0.39, 0.29) is 17.9 Å². The van der Waals surface area contributed by atoms with Crippen LogP contribution in [0.15, 0.2) is 84.9 Å². The first-order valence-corrected chi connectivity index (χ1v) is 12.2. The molecule has 196 valence electrons. The van der Waals surface area contributed by atoms with Crippen molar-refractivity contribution in [2.45, 2.75) is 46.0 Å². The third-order valence-electron chi connectivity index (χ3n) is 5.93. The average molecular weight is 508 g/mol. The first-order valence-electron chi connectivity index (χ1n) is 12.2. The maximum Gasteiger partial charge on any atom is 0.372 e. The second kappa shape index (κ2) is 12.4. The summed E-state index contributed by atoms with van der Waals surface area (Å²) in [6, 6.07) is 23.3. The lowest BCUT2D eigenvalue weighted by Gasteiger charge is -2.42. The Morgan fingerprint density at radius 2 is 1.38 bits per heavy atom. The first-order chi connectivity index (χ1) is 17.6. The van der Waals surface area contributed by atoms with Crippen LogP contribution in [0, 0.1) is 21.4 Å². The lowest BCUT2D eigenvalue weighted by Crippen LogP contribution is -2.53. The molecule has 1 N–H and O–H groups in total. The minimum absolute atomic E-state index is 0.0901. The standard InChI is InChI=1S/C29H33NO7/c1-28(2,3)26(16-10-11-21-35-27(31)22-17-19-23(20-18-22)30(33)34)29(32,36-24-12-6-4-7-13-24)37-25-14-8-5-9-15-25/h4-9,12-15,17-20,26,32H,10-11,16,21H2,1-3H3/t26-/m0/s1. The number of hydrogen-bond acceptors (Lipinski definition) is 7. The Labute approximate surface area is 217 Å². The molecule has 8 heteroatoms. The third kappa shape index (κ3) is 8.05. The summed E-state index contributed by atoms with van der Waals surface area (Å²) in [6.45, 7) is 6.21. The summed E-state index contributed by atoms with van der Waals surface area (Å²) in [4.78, 5) is 22.5. The fourth-order valence-corrected chi connectivity index (χ4v) is 4.06. The number of benzene rings is 3. The van der Waals surface area contributed by atoms with Crippen molar-refractivity contribution in [1.29, 1.82) is 0 Å². The smallest absolute Gasteiger partial charge is 0.372 e. The summed E-state index contributed by atoms with van der Waals surface area (Å²) in [6.07, 6.45) is 1.72. The quantitative estimate of drug-likeness (QED) is 0.0995. The minimum Gasteiger partial charge on any atom is -0.462 e. The number of carbonyl (C=O) groups excluding carboxylic acids is 1. The molecule has 0 aliphatic carbocycles. The summed E-state index contributed by atoms with van der Waals surface area (Å²) in [5, 5.41) is 22.6. The maximum atomic E-state index is 12.3. The largest absolute Gasteiger partial charge is 0.462 e. The van der Waals surface area contributed by atoms with Crippen molar-refractivity contribution < 1.29 is 29.0 Å². The van der Waals surface area contributed by atoms with Crippen molar-refractivity contribution >= 4 is 11.7 Å². The molecule has 0 saturated heterocycles. The van der Waals surface area contributed by atoms with Crippen molar-refractivity contribution in [3.05, 3.63) is 101 Å². The summed E-state index contributed by atoms with van der Waals surface area (Å²) in [7, 11) is 0. The number of hydrogen-bond donors (Lipinski definition) is 1. The normalized spacial score (nSPS) is 12.4. The molecular formula is C29H33NO7. The Morgan fingerprint density at radius 3 is 1.84 bits per heavy atom. The number of aliphatic hydroxyl groups is 1. The number of para-hydroxylation sites is 2. The van der Waals surface area contributed by atoms with Gasteiger partial charge in [0.05, 0.1) is 23.0 Å². The van der Waals surface area contributed by atoms with Gasteiger partial charge in [0.2, 0.25) is 0 Å². The monoisotopic (exact) mass is 507 g/mol. The van der Waals surface area contributed by atoms with Gasteiger partial charge in [0.15, 0.2) is 0 Å². The van der Waals surface area contributed by atoms with Gasteiger partial charge in [0.25, 0.3) is 5.69 Å². The van der Waals surface area contributed by atoms with E-state index in [1.54, 1.807) is 24.3 Å². The van der Waals surface area contributed by atoms with Crippen LogP contribution in [-0.2, 0) is 4.74 Å². The molecule has 0 amide bonds. The number of nitro benzene ring substituents is 1. The molecule has 0 aromatic heterocycles. The number of ether oxygens (including phenoxy) is 3. The van der Waals surface area contributed by atoms with Crippen LogP contribution < -0.4 is 9.47 Å². The zero-order chi connectivity index (χ0) is 26.9. The SMILES string of the molecule is CC(C)(C)[C@H](CCCCOC(=O)c1ccc([N+](=O)[O-])cc1)C(O)(Oc1ccccc1)Oc1ccccc1. The molecule has 8 nitrogen and oxygen atoms in total. The Morgan fingerprint density at radius 1 is 0.865 bits per heavy atom. The van der Waals surface area contributed by atoms with Crippen LogP contribution in [0.2, 0.25) is 0 Å². The highest BCUT2D eigenvalue weighted by atomic mass is 16.8. The molecule has 37 heavy (non-hydrogen) atoms. The molecule has 0 radical (unpaired) electrons. The lowest BCUT2D eigenvalue weighted by atomic mass is 9.76. The molecule has 0 fully saturated rings. The summed E-state index contributed by atoms with van der Waals surface area (Å²) >= 11 is 0. The summed E-state index contributed by atoms with van der Waals surface area (Å²) in [5.74, 6) is -1.97. The van der Waals surface area contributed by atoms with Gasteiger partial charge in [-0.05, 0) is 61.1 Å². The minimum atomic E-state index is -1.95. The van der Waals surface area contributed by atoms with Crippen LogP contribution in [0.25, 0.3) is 0 Å². The molecule has 0 aliphatic heterocycles. The zero-order valence-corrected chi connectivity index (χ0v) is 21.3. The van der Waals surface area contributed by atoms with E-state index in [0.29, 0.717) is 30.8 Å². The molecule has 0 heterocycles. The van der Waals surface area contributed by atoms with Gasteiger partial charge in [-0.3, -0.25) is 10.1 Å². The second-order valence-electron chi connectivity index (χ2n) is 9.82. The number of nitrogens with zero attached hydrogens (tertiary/aromatic N) is 1. The number of nitro groups is 1. The number of rotatable bonds is 12. The number of esters is 1. The predicted molar refractivity (Wildman–Crippen MR) is 139 cm³/mol. The fraction of sp³-hybridized carbons (Fsp3) is 0.345. The van der Waals surface area contributed by atoms with E-state index >= 15 is 0 Å². The van der Waals surface area contributed by atoms with Gasteiger partial charge in [-0.25, -0.2) is 4.79 Å². The van der Waals surface area contributed by atoms with Crippen LogP contribution in [0.3, 0.4) is 0 Å². The van der Waals surface area contributed by atoms with Crippen LogP contribution in [-0.4, -0.2) is 28.6 Å². The molecule has 3 aromatic carbocycles. The van der Waals surface area contributed by atoms with Gasteiger partial charge in [0.1, 0.15) is 11.5 Å². The predicted octanol–water partition coefficient (Wildman–Crippen LogP) is 6.39. The van der Waals surface area contributed by atoms with Crippen LogP contribution >= 0.6 is 0 Å². The van der Waals surface area contributed by atoms with E-state index in [4.69, 9.17) is 14.2 Å². The molecule has 1 atom stereocenters. The van der Waals surface area contributed by atoms with E-state index in [9.17, 15) is 20.0 Å². The Kier molecular flexibility index (Phi) is 9.25. The number of non-ortho nitro benzene ring substituents is 1. The van der Waals surface area contributed by atoms with Crippen molar-refractivity contribution in [3.8, 4) is 11.5 Å². The van der Waals surface area contributed by atoms with Crippen molar-refractivity contribution in [3.63, 3.8) is 0 Å². The molecule has 0 unspecified atom stereocenters. The van der Waals surface area contributed by atoms with Gasteiger partial charge in [-0.15, -0.1) is 0 Å². The first kappa shape index (κ1) is 27.7. The summed E-state index contributed by atoms with van der Waals surface area (Å²) in [5.41, 5.74) is -0.235. The fourth-order valence-electron chi connectivity index (χ4n) is 4.06. The van der Waals surface area contributed by atoms with Crippen LogP contribution in [0.4, 0.5) is 5.69 Å². The maximum absolute atomic E-state index is 12.3. The molecule has 0 saturated carbocycles. The van der Waals surface area contributed by atoms with E-state index in [2.05, 4.69) is 0 Å². The van der Waals surface area contributed by atoms with Gasteiger partial charge >= 0.3 is 11.9 Å². The average Bonchev–Trinajstić information content (AvgIpc) is 2.86. The summed E-state index contributed by atoms with van der Waals surface area (Å²) < 4.78 is 17.5. The highest BCUT2D eigenvalue weighted by Gasteiger charge is 2.48. The molecule has 3 aromatic rings. The van der Waals surface area contributed by atoms with Gasteiger partial charge < -0.3 is 19.3 Å². The number of unbranched alkanes of at least 4 members (excludes halogenated alkanes) is 1. The molecular weight excluding hydrogens is 474 g/mol. The Balaban J connectivity index is 1.65. The molecule has 0 aliphatic rings. The lowest BCUT2D eigenvalue weighted by molar-refractivity contribution is -0.384. The van der Waals surface area contributed by atoms with Gasteiger partial charge in [-0.2, -0.15) is 0 Å². The van der Waals surface area contributed by atoms with Gasteiger partial charge in [0, 0.05) is 12.1 Å². The van der Waals surface area contributed by atoms with Crippen molar-refractivity contribution in [1.82, 2.24) is 0 Å². The van der Waals surface area contributed by atoms with E-state index in [1.807, 2.05) is 57.2 Å². The van der Waals surface area contributed by atoms with Crippen LogP contribution in [0.5, 0.6) is 11.5 Å². The van der Waals surface area contributed by atoms with Gasteiger partial charge in [-0.1, -0.05) is 57.2 Å². The van der Waals surface area contributed by atoms with E-state index in [0.717, 1.165) is 0 Å². The molecule has 0 spiro atoms. The van der Waals surface area contributed by atoms with Crippen molar-refractivity contribution in [2.24, 2.45) is 11.3 Å². The second-order valence-corrected chi connectivity index (χ2v) is 9.82. The Hall–Kier alpha value is -3.91. The third-order valence-corrected chi connectivity index (χ3v) is 5.93. The van der Waals surface area contributed by atoms with E-state index < -0.39 is 28.2 Å².